The van der Waals surface area contributed by atoms with Crippen molar-refractivity contribution in [3.8, 4) is 11.1 Å². The lowest BCUT2D eigenvalue weighted by atomic mass is 10.0. The number of benzene rings is 2. The number of aromatic nitrogens is 1. The van der Waals surface area contributed by atoms with Gasteiger partial charge in [-0.3, -0.25) is 18.6 Å². The third kappa shape index (κ3) is 7.98. The maximum Gasteiger partial charge on any atom is 0.327 e. The van der Waals surface area contributed by atoms with E-state index in [0.29, 0.717) is 25.1 Å². The zero-order valence-corrected chi connectivity index (χ0v) is 21.2. The van der Waals surface area contributed by atoms with Crippen LogP contribution in [0.1, 0.15) is 24.8 Å². The number of aliphatic carboxylic acids is 1. The summed E-state index contributed by atoms with van der Waals surface area (Å²) < 4.78 is 23.9. The molecule has 0 saturated carbocycles. The first-order chi connectivity index (χ1) is 16.8. The Morgan fingerprint density at radius 3 is 2.26 bits per heavy atom. The predicted molar refractivity (Wildman–Crippen MR) is 139 cm³/mol. The number of pyridine rings is 1. The number of halogens is 1. The molecule has 0 spiro atoms. The van der Waals surface area contributed by atoms with Gasteiger partial charge in [0, 0.05) is 23.4 Å². The Hall–Kier alpha value is -3.08. The summed E-state index contributed by atoms with van der Waals surface area (Å²) in [5, 5.41) is 12.6. The Labute approximate surface area is 214 Å². The first kappa shape index (κ1) is 26.5. The number of hydrogen-bond acceptors (Lipinski definition) is 4. The fourth-order valence-electron chi connectivity index (χ4n) is 3.60. The van der Waals surface area contributed by atoms with Crippen LogP contribution in [0.5, 0.6) is 0 Å². The molecule has 35 heavy (non-hydrogen) atoms. The summed E-state index contributed by atoms with van der Waals surface area (Å²) in [4.78, 5) is 28.0. The van der Waals surface area contributed by atoms with Gasteiger partial charge in [0.1, 0.15) is 6.04 Å². The van der Waals surface area contributed by atoms with Crippen molar-refractivity contribution in [1.82, 2.24) is 10.3 Å². The molecule has 3 rings (SSSR count). The molecule has 184 valence electrons. The number of nitrogens with zero attached hydrogens (tertiary/aromatic N) is 2. The number of anilines is 1. The number of hydrogen-bond donors (Lipinski definition) is 3. The molecule has 1 aromatic heterocycles. The summed E-state index contributed by atoms with van der Waals surface area (Å²) in [6.07, 6.45) is 4.63. The molecule has 2 atom stereocenters. The Kier molecular flexibility index (Phi) is 9.95. The van der Waals surface area contributed by atoms with Crippen LogP contribution < -0.4 is 9.62 Å². The Morgan fingerprint density at radius 2 is 1.69 bits per heavy atom. The van der Waals surface area contributed by atoms with E-state index < -0.39 is 23.3 Å². The average Bonchev–Trinajstić information content (AvgIpc) is 2.84. The molecule has 0 radical (unpaired) electrons. The third-order valence-electron chi connectivity index (χ3n) is 5.35. The smallest absolute Gasteiger partial charge is 0.327 e. The normalized spacial score (nSPS) is 12.5. The van der Waals surface area contributed by atoms with Crippen LogP contribution in [-0.2, 0) is 27.3 Å². The first-order valence-corrected chi connectivity index (χ1v) is 12.9. The van der Waals surface area contributed by atoms with Gasteiger partial charge in [0.05, 0.1) is 12.1 Å². The van der Waals surface area contributed by atoms with E-state index in [1.54, 1.807) is 42.7 Å². The number of carbonyl (C=O) groups is 2. The molecule has 1 amide bonds. The molecule has 2 unspecified atom stereocenters. The van der Waals surface area contributed by atoms with E-state index in [9.17, 15) is 23.5 Å². The molecule has 8 nitrogen and oxygen atoms in total. The molecular weight excluding hydrogens is 534 g/mol. The minimum absolute atomic E-state index is 0.142. The van der Waals surface area contributed by atoms with E-state index in [1.165, 1.54) is 0 Å². The highest BCUT2D eigenvalue weighted by atomic mass is 79.9. The summed E-state index contributed by atoms with van der Waals surface area (Å²) in [6, 6.07) is 17.0. The molecular formula is C25H26BrN3O5S. The van der Waals surface area contributed by atoms with Gasteiger partial charge in [-0.25, -0.2) is 9.00 Å². The molecule has 0 aliphatic carbocycles. The molecule has 0 aliphatic rings. The van der Waals surface area contributed by atoms with Crippen LogP contribution in [0, 0.1) is 0 Å². The van der Waals surface area contributed by atoms with Crippen LogP contribution in [0.25, 0.3) is 11.1 Å². The molecule has 0 aliphatic heterocycles. The summed E-state index contributed by atoms with van der Waals surface area (Å²) >= 11 is 0.872. The molecule has 0 fully saturated rings. The third-order valence-corrected chi connectivity index (χ3v) is 6.68. The lowest BCUT2D eigenvalue weighted by Gasteiger charge is -2.27. The standard InChI is InChI=1S/C25H26BrN3O5S/c26-21-10-6-19(7-11-21)20-8-12-22(13-9-20)29(35(33)34)23(25(31)32)5-1-2-15-28-24(30)16-18-4-3-14-27-17-18/h3-4,6-14,17,23H,1-2,5,15-16H2,(H,28,30)(H,31,32)(H,33,34). The minimum Gasteiger partial charge on any atom is -0.480 e. The molecule has 3 N–H and O–H groups in total. The van der Waals surface area contributed by atoms with Gasteiger partial charge >= 0.3 is 5.97 Å². The molecule has 10 heteroatoms. The molecule has 0 bridgehead atoms. The van der Waals surface area contributed by atoms with Gasteiger partial charge in [-0.2, -0.15) is 0 Å². The summed E-state index contributed by atoms with van der Waals surface area (Å²) in [5.41, 5.74) is 3.02. The van der Waals surface area contributed by atoms with Gasteiger partial charge in [-0.15, -0.1) is 0 Å². The number of unbranched alkanes of at least 4 members (excludes halogenated alkanes) is 1. The molecule has 0 saturated heterocycles. The zero-order chi connectivity index (χ0) is 25.2. The van der Waals surface area contributed by atoms with E-state index in [2.05, 4.69) is 26.2 Å². The van der Waals surface area contributed by atoms with Gasteiger partial charge in [-0.1, -0.05) is 46.3 Å². The Balaban J connectivity index is 1.57. The highest BCUT2D eigenvalue weighted by Crippen LogP contribution is 2.27. The number of carboxylic acids is 1. The monoisotopic (exact) mass is 559 g/mol. The van der Waals surface area contributed by atoms with Crippen LogP contribution in [0.15, 0.2) is 77.5 Å². The van der Waals surface area contributed by atoms with Crippen molar-refractivity contribution in [1.29, 1.82) is 0 Å². The maximum absolute atomic E-state index is 12.1. The van der Waals surface area contributed by atoms with Gasteiger partial charge in [-0.05, 0) is 66.3 Å². The number of carbonyl (C=O) groups excluding carboxylic acids is 1. The van der Waals surface area contributed by atoms with Gasteiger partial charge in [0.2, 0.25) is 5.91 Å². The second-order valence-electron chi connectivity index (χ2n) is 7.85. The topological polar surface area (TPSA) is 120 Å². The van der Waals surface area contributed by atoms with Crippen LogP contribution in [0.3, 0.4) is 0 Å². The predicted octanol–water partition coefficient (Wildman–Crippen LogP) is 4.44. The van der Waals surface area contributed by atoms with Crippen molar-refractivity contribution in [2.45, 2.75) is 31.7 Å². The van der Waals surface area contributed by atoms with Gasteiger partial charge in [0.25, 0.3) is 11.3 Å². The summed E-state index contributed by atoms with van der Waals surface area (Å²) in [5.74, 6) is -1.33. The van der Waals surface area contributed by atoms with Crippen molar-refractivity contribution in [3.63, 3.8) is 0 Å². The SMILES string of the molecule is O=C(Cc1cccnc1)NCCCCC(C(=O)O)N(c1ccc(-c2ccc(Br)cc2)cc1)S(=O)O. The number of amides is 1. The fraction of sp³-hybridized carbons (Fsp3) is 0.240. The van der Waals surface area contributed by atoms with Crippen LogP contribution in [-0.4, -0.2) is 43.3 Å². The molecule has 1 heterocycles. The van der Waals surface area contributed by atoms with Crippen molar-refractivity contribution >= 4 is 44.8 Å². The van der Waals surface area contributed by atoms with E-state index in [-0.39, 0.29) is 18.7 Å². The largest absolute Gasteiger partial charge is 0.480 e. The van der Waals surface area contributed by atoms with Crippen molar-refractivity contribution in [3.05, 3.63) is 83.1 Å². The van der Waals surface area contributed by atoms with E-state index in [0.717, 1.165) is 25.5 Å². The minimum atomic E-state index is -2.53. The van der Waals surface area contributed by atoms with Crippen LogP contribution >= 0.6 is 15.9 Å². The van der Waals surface area contributed by atoms with E-state index >= 15 is 0 Å². The first-order valence-electron chi connectivity index (χ1n) is 11.0. The number of rotatable bonds is 12. The van der Waals surface area contributed by atoms with E-state index in [1.807, 2.05) is 30.3 Å². The lowest BCUT2D eigenvalue weighted by molar-refractivity contribution is -0.138. The van der Waals surface area contributed by atoms with Crippen LogP contribution in [0.4, 0.5) is 5.69 Å². The molecule has 2 aromatic carbocycles. The van der Waals surface area contributed by atoms with Crippen molar-refractivity contribution < 1.29 is 23.5 Å². The second kappa shape index (κ2) is 13.1. The Bertz CT molecular complexity index is 1140. The Morgan fingerprint density at radius 1 is 1.03 bits per heavy atom. The maximum atomic E-state index is 12.1. The highest BCUT2D eigenvalue weighted by molar-refractivity contribution is 9.10. The molecule has 3 aromatic rings. The van der Waals surface area contributed by atoms with E-state index in [4.69, 9.17) is 0 Å². The van der Waals surface area contributed by atoms with Crippen molar-refractivity contribution in [2.75, 3.05) is 10.8 Å². The summed E-state index contributed by atoms with van der Waals surface area (Å²) in [6.45, 7) is 0.384. The fourth-order valence-corrected chi connectivity index (χ4v) is 4.58. The van der Waals surface area contributed by atoms with Gasteiger partial charge in [0.15, 0.2) is 0 Å². The quantitative estimate of drug-likeness (QED) is 0.223. The zero-order valence-electron chi connectivity index (χ0n) is 18.8. The highest BCUT2D eigenvalue weighted by Gasteiger charge is 2.29. The summed E-state index contributed by atoms with van der Waals surface area (Å²) in [7, 11) is 0. The van der Waals surface area contributed by atoms with Crippen LogP contribution in [0.2, 0.25) is 0 Å². The number of nitrogens with one attached hydrogen (secondary N) is 1. The number of carboxylic acid groups (broad SMARTS) is 1. The average molecular weight is 560 g/mol. The van der Waals surface area contributed by atoms with Gasteiger partial charge < -0.3 is 10.4 Å². The second-order valence-corrected chi connectivity index (χ2v) is 9.62. The van der Waals surface area contributed by atoms with Crippen molar-refractivity contribution in [2.24, 2.45) is 0 Å². The lowest BCUT2D eigenvalue weighted by Crippen LogP contribution is -2.42.